The lowest BCUT2D eigenvalue weighted by Crippen LogP contribution is -2.23. The highest BCUT2D eigenvalue weighted by molar-refractivity contribution is 5.14. The fourth-order valence-electron chi connectivity index (χ4n) is 1.75. The van der Waals surface area contributed by atoms with Gasteiger partial charge in [-0.2, -0.15) is 0 Å². The van der Waals surface area contributed by atoms with Crippen molar-refractivity contribution in [1.29, 1.82) is 0 Å². The quantitative estimate of drug-likeness (QED) is 0.658. The minimum atomic E-state index is 0.526. The summed E-state index contributed by atoms with van der Waals surface area (Å²) in [7, 11) is 0. The molecule has 0 aliphatic heterocycles. The van der Waals surface area contributed by atoms with Gasteiger partial charge in [0.1, 0.15) is 0 Å². The molecule has 1 aromatic carbocycles. The first kappa shape index (κ1) is 11.6. The smallest absolute Gasteiger partial charge is 0.0704 e. The molecule has 0 aromatic heterocycles. The summed E-state index contributed by atoms with van der Waals surface area (Å²) in [6.45, 7) is 2.26. The molecule has 16 heavy (non-hydrogen) atoms. The van der Waals surface area contributed by atoms with Crippen LogP contribution >= 0.6 is 0 Å². The summed E-state index contributed by atoms with van der Waals surface area (Å²) in [4.78, 5) is 0. The largest absolute Gasteiger partial charge is 0.379 e. The van der Waals surface area contributed by atoms with Gasteiger partial charge in [0.05, 0.1) is 25.9 Å². The third-order valence-electron chi connectivity index (χ3n) is 3.01. The molecule has 2 nitrogen and oxygen atoms in total. The molecule has 0 unspecified atom stereocenters. The summed E-state index contributed by atoms with van der Waals surface area (Å²) in [6, 6.07) is 10.4. The minimum Gasteiger partial charge on any atom is -0.379 e. The fraction of sp³-hybridized carbons (Fsp3) is 0.571. The van der Waals surface area contributed by atoms with Gasteiger partial charge >= 0.3 is 0 Å². The van der Waals surface area contributed by atoms with E-state index in [1.807, 2.05) is 6.07 Å². The normalized spacial score (nSPS) is 16.0. The lowest BCUT2D eigenvalue weighted by molar-refractivity contribution is -0.0282. The molecule has 1 fully saturated rings. The maximum Gasteiger partial charge on any atom is 0.0704 e. The molecule has 0 bridgehead atoms. The Kier molecular flexibility index (Phi) is 4.84. The van der Waals surface area contributed by atoms with Crippen LogP contribution in [0.4, 0.5) is 0 Å². The molecule has 2 heteroatoms. The number of benzene rings is 1. The SMILES string of the molecule is c1ccc(CCOCCOC2CCC2)cc1. The van der Waals surface area contributed by atoms with Gasteiger partial charge in [0.25, 0.3) is 0 Å². The Labute approximate surface area is 97.6 Å². The van der Waals surface area contributed by atoms with Gasteiger partial charge in [-0.3, -0.25) is 0 Å². The van der Waals surface area contributed by atoms with E-state index in [0.717, 1.165) is 26.2 Å². The van der Waals surface area contributed by atoms with Gasteiger partial charge in [0, 0.05) is 0 Å². The Morgan fingerprint density at radius 1 is 1.00 bits per heavy atom. The zero-order valence-electron chi connectivity index (χ0n) is 9.73. The molecule has 2 rings (SSSR count). The highest BCUT2D eigenvalue weighted by Gasteiger charge is 2.16. The van der Waals surface area contributed by atoms with Crippen LogP contribution in [-0.4, -0.2) is 25.9 Å². The van der Waals surface area contributed by atoms with Gasteiger partial charge in [-0.25, -0.2) is 0 Å². The first-order valence-electron chi connectivity index (χ1n) is 6.18. The second-order valence-electron chi connectivity index (χ2n) is 4.27. The van der Waals surface area contributed by atoms with Gasteiger partial charge in [-0.1, -0.05) is 30.3 Å². The van der Waals surface area contributed by atoms with Crippen molar-refractivity contribution in [3.8, 4) is 0 Å². The van der Waals surface area contributed by atoms with Crippen LogP contribution in [0.1, 0.15) is 24.8 Å². The Balaban J connectivity index is 1.45. The van der Waals surface area contributed by atoms with Crippen LogP contribution in [0.5, 0.6) is 0 Å². The Morgan fingerprint density at radius 2 is 1.81 bits per heavy atom. The molecule has 1 aromatic rings. The third kappa shape index (κ3) is 3.95. The van der Waals surface area contributed by atoms with Crippen molar-refractivity contribution in [1.82, 2.24) is 0 Å². The topological polar surface area (TPSA) is 18.5 Å². The maximum absolute atomic E-state index is 5.61. The first-order valence-corrected chi connectivity index (χ1v) is 6.18. The number of rotatable bonds is 7. The van der Waals surface area contributed by atoms with Crippen LogP contribution in [0.3, 0.4) is 0 Å². The van der Waals surface area contributed by atoms with Crippen LogP contribution in [-0.2, 0) is 15.9 Å². The molecule has 1 saturated carbocycles. The zero-order chi connectivity index (χ0) is 11.1. The van der Waals surface area contributed by atoms with Crippen molar-refractivity contribution in [3.63, 3.8) is 0 Å². The van der Waals surface area contributed by atoms with Gasteiger partial charge in [0.15, 0.2) is 0 Å². The van der Waals surface area contributed by atoms with E-state index in [1.165, 1.54) is 24.8 Å². The Morgan fingerprint density at radius 3 is 2.50 bits per heavy atom. The minimum absolute atomic E-state index is 0.526. The predicted octanol–water partition coefficient (Wildman–Crippen LogP) is 2.81. The van der Waals surface area contributed by atoms with E-state index in [0.29, 0.717) is 6.10 Å². The summed E-state index contributed by atoms with van der Waals surface area (Å²) in [5, 5.41) is 0. The number of hydrogen-bond donors (Lipinski definition) is 0. The molecule has 1 aliphatic carbocycles. The Hall–Kier alpha value is -0.860. The zero-order valence-corrected chi connectivity index (χ0v) is 9.73. The molecule has 0 N–H and O–H groups in total. The van der Waals surface area contributed by atoms with Gasteiger partial charge in [-0.05, 0) is 31.2 Å². The van der Waals surface area contributed by atoms with Gasteiger partial charge in [0.2, 0.25) is 0 Å². The monoisotopic (exact) mass is 220 g/mol. The van der Waals surface area contributed by atoms with E-state index < -0.39 is 0 Å². The summed E-state index contributed by atoms with van der Waals surface area (Å²) < 4.78 is 11.1. The fourth-order valence-corrected chi connectivity index (χ4v) is 1.75. The van der Waals surface area contributed by atoms with Gasteiger partial charge < -0.3 is 9.47 Å². The number of hydrogen-bond acceptors (Lipinski definition) is 2. The third-order valence-corrected chi connectivity index (χ3v) is 3.01. The Bertz CT molecular complexity index is 280. The van der Waals surface area contributed by atoms with Crippen molar-refractivity contribution in [2.24, 2.45) is 0 Å². The van der Waals surface area contributed by atoms with Crippen LogP contribution in [0.25, 0.3) is 0 Å². The summed E-state index contributed by atoms with van der Waals surface area (Å²) in [5.74, 6) is 0. The second-order valence-corrected chi connectivity index (χ2v) is 4.27. The van der Waals surface area contributed by atoms with Crippen molar-refractivity contribution in [2.45, 2.75) is 31.8 Å². The second kappa shape index (κ2) is 6.66. The lowest BCUT2D eigenvalue weighted by Gasteiger charge is -2.25. The van der Waals surface area contributed by atoms with E-state index in [4.69, 9.17) is 9.47 Å². The molecule has 0 atom stereocenters. The molecule has 0 saturated heterocycles. The molecule has 0 heterocycles. The van der Waals surface area contributed by atoms with Crippen molar-refractivity contribution >= 4 is 0 Å². The molecule has 0 radical (unpaired) electrons. The van der Waals surface area contributed by atoms with E-state index in [2.05, 4.69) is 24.3 Å². The van der Waals surface area contributed by atoms with Crippen LogP contribution < -0.4 is 0 Å². The standard InChI is InChI=1S/C14H20O2/c1-2-5-13(6-3-1)9-10-15-11-12-16-14-7-4-8-14/h1-3,5-6,14H,4,7-12H2. The number of ether oxygens (including phenoxy) is 2. The average molecular weight is 220 g/mol. The molecule has 88 valence electrons. The van der Waals surface area contributed by atoms with Crippen molar-refractivity contribution in [3.05, 3.63) is 35.9 Å². The van der Waals surface area contributed by atoms with Crippen LogP contribution in [0.2, 0.25) is 0 Å². The molecular weight excluding hydrogens is 200 g/mol. The molecule has 1 aliphatic rings. The molecular formula is C14H20O2. The predicted molar refractivity (Wildman–Crippen MR) is 64.6 cm³/mol. The highest BCUT2D eigenvalue weighted by atomic mass is 16.5. The van der Waals surface area contributed by atoms with E-state index >= 15 is 0 Å². The summed E-state index contributed by atoms with van der Waals surface area (Å²) in [5.41, 5.74) is 1.34. The van der Waals surface area contributed by atoms with Crippen molar-refractivity contribution < 1.29 is 9.47 Å². The summed E-state index contributed by atoms with van der Waals surface area (Å²) >= 11 is 0. The van der Waals surface area contributed by atoms with E-state index in [-0.39, 0.29) is 0 Å². The van der Waals surface area contributed by atoms with Crippen molar-refractivity contribution in [2.75, 3.05) is 19.8 Å². The van der Waals surface area contributed by atoms with Gasteiger partial charge in [-0.15, -0.1) is 0 Å². The van der Waals surface area contributed by atoms with Crippen LogP contribution in [0.15, 0.2) is 30.3 Å². The highest BCUT2D eigenvalue weighted by Crippen LogP contribution is 2.21. The summed E-state index contributed by atoms with van der Waals surface area (Å²) in [6.07, 6.45) is 5.33. The average Bonchev–Trinajstić information content (AvgIpc) is 2.27. The van der Waals surface area contributed by atoms with E-state index in [1.54, 1.807) is 0 Å². The van der Waals surface area contributed by atoms with E-state index in [9.17, 15) is 0 Å². The molecule has 0 spiro atoms. The maximum atomic E-state index is 5.61. The first-order chi connectivity index (χ1) is 7.95. The van der Waals surface area contributed by atoms with Crippen LogP contribution in [0, 0.1) is 0 Å². The lowest BCUT2D eigenvalue weighted by atomic mass is 9.96. The molecule has 0 amide bonds.